The number of carbonyl (C=O) groups is 2. The Labute approximate surface area is 153 Å². The molecule has 0 aliphatic carbocycles. The number of hydrogen-bond acceptors (Lipinski definition) is 10. The maximum absolute atomic E-state index is 11.4. The highest BCUT2D eigenvalue weighted by molar-refractivity contribution is 8.76. The molecule has 11 heteroatoms. The van der Waals surface area contributed by atoms with Crippen LogP contribution in [-0.4, -0.2) is 48.4 Å². The fourth-order valence-electron chi connectivity index (χ4n) is 1.47. The molecule has 0 saturated carbocycles. The lowest BCUT2D eigenvalue weighted by atomic mass is 10.2. The Kier molecular flexibility index (Phi) is 10.8. The summed E-state index contributed by atoms with van der Waals surface area (Å²) in [6.07, 6.45) is -1.88. The summed E-state index contributed by atoms with van der Waals surface area (Å²) in [6.45, 7) is 0.275. The van der Waals surface area contributed by atoms with Gasteiger partial charge in [0, 0.05) is 18.1 Å². The van der Waals surface area contributed by atoms with E-state index >= 15 is 0 Å². The van der Waals surface area contributed by atoms with Gasteiger partial charge in [0.2, 0.25) is 0 Å². The van der Waals surface area contributed by atoms with Crippen LogP contribution in [0, 0.1) is 0 Å². The molecule has 0 aliphatic rings. The summed E-state index contributed by atoms with van der Waals surface area (Å²) in [5.41, 5.74) is 10.4. The lowest BCUT2D eigenvalue weighted by molar-refractivity contribution is -0.307. The molecule has 1 rings (SSSR count). The minimum absolute atomic E-state index is 0.232. The van der Waals surface area contributed by atoms with Crippen molar-refractivity contribution < 1.29 is 29.3 Å². The average Bonchev–Trinajstić information content (AvgIpc) is 2.61. The number of carboxylic acids is 1. The molecule has 140 valence electrons. The second-order valence-corrected chi connectivity index (χ2v) is 7.17. The van der Waals surface area contributed by atoms with Crippen molar-refractivity contribution in [3.8, 4) is 5.75 Å². The zero-order valence-corrected chi connectivity index (χ0v) is 14.9. The molecule has 1 aromatic rings. The first-order valence-corrected chi connectivity index (χ1v) is 9.75. The summed E-state index contributed by atoms with van der Waals surface area (Å²) in [4.78, 5) is 21.7. The number of aliphatic hydroxyl groups excluding tert-OH is 1. The molecule has 0 aliphatic heterocycles. The summed E-state index contributed by atoms with van der Waals surface area (Å²) in [5.74, 6) is 0.456. The largest absolute Gasteiger partial charge is 0.546 e. The van der Waals surface area contributed by atoms with E-state index in [9.17, 15) is 19.8 Å². The van der Waals surface area contributed by atoms with E-state index in [-0.39, 0.29) is 6.61 Å². The Morgan fingerprint density at radius 2 is 1.92 bits per heavy atom. The van der Waals surface area contributed by atoms with Crippen LogP contribution in [-0.2, 0) is 9.53 Å². The van der Waals surface area contributed by atoms with Crippen molar-refractivity contribution >= 4 is 33.7 Å². The van der Waals surface area contributed by atoms with Crippen LogP contribution in [0.1, 0.15) is 11.8 Å². The van der Waals surface area contributed by atoms with Gasteiger partial charge in [-0.05, 0) is 17.7 Å². The number of aliphatic hydroxyl groups is 1. The van der Waals surface area contributed by atoms with E-state index in [1.807, 2.05) is 0 Å². The van der Waals surface area contributed by atoms with Crippen LogP contribution in [0.25, 0.3) is 0 Å². The molecule has 9 nitrogen and oxygen atoms in total. The Morgan fingerprint density at radius 3 is 2.56 bits per heavy atom. The molecule has 1 atom stereocenters. The van der Waals surface area contributed by atoms with Gasteiger partial charge in [-0.3, -0.25) is 5.43 Å². The van der Waals surface area contributed by atoms with Crippen LogP contribution >= 0.6 is 21.6 Å². The number of benzene rings is 1. The molecule has 25 heavy (non-hydrogen) atoms. The third-order valence-electron chi connectivity index (χ3n) is 2.55. The number of hydrazine groups is 1. The second kappa shape index (κ2) is 12.7. The summed E-state index contributed by atoms with van der Waals surface area (Å²) < 4.78 is 9.83. The summed E-state index contributed by atoms with van der Waals surface area (Å²) in [6, 6.07) is 6.00. The number of carbonyl (C=O) groups excluding carboxylic acids is 2. The zero-order valence-electron chi connectivity index (χ0n) is 13.3. The first-order chi connectivity index (χ1) is 12.0. The van der Waals surface area contributed by atoms with E-state index in [1.165, 1.54) is 24.3 Å². The van der Waals surface area contributed by atoms with Gasteiger partial charge in [0.05, 0.1) is 5.97 Å². The fraction of sp³-hybridized carbons (Fsp3) is 0.429. The molecule has 0 fully saturated rings. The van der Waals surface area contributed by atoms with Crippen LogP contribution in [0.5, 0.6) is 5.75 Å². The second-order valence-electron chi connectivity index (χ2n) is 4.47. The van der Waals surface area contributed by atoms with Crippen molar-refractivity contribution in [2.75, 3.05) is 31.3 Å². The molecule has 0 aromatic heterocycles. The topological polar surface area (TPSA) is 146 Å². The van der Waals surface area contributed by atoms with Gasteiger partial charge in [-0.1, -0.05) is 33.7 Å². The number of rotatable bonds is 12. The van der Waals surface area contributed by atoms with Crippen molar-refractivity contribution in [2.24, 2.45) is 5.73 Å². The predicted octanol–water partition coefficient (Wildman–Crippen LogP) is -0.623. The zero-order chi connectivity index (χ0) is 18.5. The normalized spacial score (nSPS) is 11.6. The standard InChI is InChI=1S/C14H21N3O6S2/c15-5-7-24-25-8-6-22-14(21)17-16-13(20)10-1-3-11(4-2-10)23-9-12(18)19/h1-4,13,16,20H,5-9,15H2,(H,17,21)(H,18,19)/p-1. The van der Waals surface area contributed by atoms with Crippen LogP contribution in [0.3, 0.4) is 0 Å². The fourth-order valence-corrected chi connectivity index (χ4v) is 3.15. The maximum Gasteiger partial charge on any atom is 0.421 e. The van der Waals surface area contributed by atoms with Gasteiger partial charge in [0.15, 0.2) is 0 Å². The van der Waals surface area contributed by atoms with Gasteiger partial charge in [-0.15, -0.1) is 0 Å². The maximum atomic E-state index is 11.4. The number of carboxylic acid groups (broad SMARTS) is 1. The van der Waals surface area contributed by atoms with E-state index in [2.05, 4.69) is 10.9 Å². The molecule has 1 aromatic carbocycles. The van der Waals surface area contributed by atoms with Crippen molar-refractivity contribution in [1.82, 2.24) is 10.9 Å². The Bertz CT molecular complexity index is 532. The minimum Gasteiger partial charge on any atom is -0.546 e. The molecule has 0 bridgehead atoms. The minimum atomic E-state index is -1.33. The van der Waals surface area contributed by atoms with Crippen molar-refractivity contribution in [2.45, 2.75) is 6.23 Å². The van der Waals surface area contributed by atoms with E-state index in [0.717, 1.165) is 5.75 Å². The lowest BCUT2D eigenvalue weighted by Gasteiger charge is -2.15. The van der Waals surface area contributed by atoms with Crippen molar-refractivity contribution in [1.29, 1.82) is 0 Å². The molecule has 1 unspecified atom stereocenters. The average molecular weight is 390 g/mol. The molecule has 0 heterocycles. The summed E-state index contributed by atoms with van der Waals surface area (Å²) >= 11 is 0. The van der Waals surface area contributed by atoms with Crippen LogP contribution in [0.15, 0.2) is 24.3 Å². The first-order valence-electron chi connectivity index (χ1n) is 7.26. The van der Waals surface area contributed by atoms with Crippen LogP contribution in [0.2, 0.25) is 0 Å². The predicted molar refractivity (Wildman–Crippen MR) is 93.5 cm³/mol. The van der Waals surface area contributed by atoms with Crippen molar-refractivity contribution in [3.63, 3.8) is 0 Å². The number of hydrogen-bond donors (Lipinski definition) is 4. The molecule has 1 amide bonds. The quantitative estimate of drug-likeness (QED) is 0.158. The highest BCUT2D eigenvalue weighted by atomic mass is 33.1. The third kappa shape index (κ3) is 10.0. The Hall–Kier alpha value is -1.66. The number of nitrogens with two attached hydrogens (primary N) is 1. The molecule has 5 N–H and O–H groups in total. The number of aliphatic carboxylic acids is 1. The van der Waals surface area contributed by atoms with Crippen molar-refractivity contribution in [3.05, 3.63) is 29.8 Å². The summed E-state index contributed by atoms with van der Waals surface area (Å²) in [5, 5.41) is 20.2. The van der Waals surface area contributed by atoms with Gasteiger partial charge < -0.3 is 30.2 Å². The lowest BCUT2D eigenvalue weighted by Crippen LogP contribution is -2.40. The molecule has 0 radical (unpaired) electrons. The number of nitrogens with one attached hydrogen (secondary N) is 2. The van der Waals surface area contributed by atoms with Crippen LogP contribution < -0.4 is 26.4 Å². The van der Waals surface area contributed by atoms with Gasteiger partial charge in [-0.25, -0.2) is 4.79 Å². The Balaban J connectivity index is 2.23. The van der Waals surface area contributed by atoms with E-state index in [0.29, 0.717) is 23.6 Å². The van der Waals surface area contributed by atoms with Gasteiger partial charge in [-0.2, -0.15) is 5.43 Å². The van der Waals surface area contributed by atoms with Gasteiger partial charge >= 0.3 is 6.09 Å². The number of amides is 1. The van der Waals surface area contributed by atoms with Gasteiger partial charge in [0.1, 0.15) is 25.2 Å². The van der Waals surface area contributed by atoms with Crippen LogP contribution in [0.4, 0.5) is 4.79 Å². The Morgan fingerprint density at radius 1 is 1.24 bits per heavy atom. The SMILES string of the molecule is NCCSSCCOC(=O)NNC(O)c1ccc(OCC(=O)[O-])cc1. The summed E-state index contributed by atoms with van der Waals surface area (Å²) in [7, 11) is 3.16. The van der Waals surface area contributed by atoms with E-state index in [1.54, 1.807) is 21.6 Å². The monoisotopic (exact) mass is 390 g/mol. The van der Waals surface area contributed by atoms with Gasteiger partial charge in [0.25, 0.3) is 0 Å². The molecular weight excluding hydrogens is 370 g/mol. The molecular formula is C14H20N3O6S2-. The molecule has 0 saturated heterocycles. The highest BCUT2D eigenvalue weighted by Gasteiger charge is 2.09. The first kappa shape index (κ1) is 21.4. The van der Waals surface area contributed by atoms with E-state index in [4.69, 9.17) is 15.2 Å². The number of ether oxygens (including phenoxy) is 2. The highest BCUT2D eigenvalue weighted by Crippen LogP contribution is 2.19. The third-order valence-corrected chi connectivity index (χ3v) is 4.95. The molecule has 0 spiro atoms. The van der Waals surface area contributed by atoms with E-state index < -0.39 is 24.9 Å². The smallest absolute Gasteiger partial charge is 0.421 e.